The molecule has 1 N–H and O–H groups in total. The van der Waals surface area contributed by atoms with Gasteiger partial charge in [0.1, 0.15) is 18.9 Å². The minimum absolute atomic E-state index is 0.0876. The van der Waals surface area contributed by atoms with Crippen LogP contribution in [0.2, 0.25) is 10.0 Å². The highest BCUT2D eigenvalue weighted by Crippen LogP contribution is 2.40. The van der Waals surface area contributed by atoms with Gasteiger partial charge in [0.2, 0.25) is 5.91 Å². The maximum atomic E-state index is 12.1. The number of nitrogens with zero attached hydrogens (tertiary/aromatic N) is 3. The van der Waals surface area contributed by atoms with Crippen molar-refractivity contribution in [3.63, 3.8) is 0 Å². The molecule has 3 aliphatic rings. The Balaban J connectivity index is 1.26. The van der Waals surface area contributed by atoms with Gasteiger partial charge in [-0.1, -0.05) is 35.3 Å². The van der Waals surface area contributed by atoms with Gasteiger partial charge in [0.25, 0.3) is 0 Å². The fourth-order valence-electron chi connectivity index (χ4n) is 6.30. The molecule has 2 aliphatic carbocycles. The summed E-state index contributed by atoms with van der Waals surface area (Å²) in [4.78, 5) is 40.6. The van der Waals surface area contributed by atoms with Crippen LogP contribution in [-0.2, 0) is 22.6 Å². The zero-order valence-electron chi connectivity index (χ0n) is 22.7. The summed E-state index contributed by atoms with van der Waals surface area (Å²) in [6.07, 6.45) is 5.28. The number of carbonyl (C=O) groups is 3. The standard InChI is InChI=1S/C30H35Cl2N3O5/c1-33-18-28(36)35(30(33)39)12-13-40-27-11-4-20(14-25(27)32)17-34(16-19-2-5-21(6-3-19)29(37)38)26-10-7-22-15-23(31)8-9-24(22)26/h4,8-9,11,14-15,19,21,26H,2-3,5-7,10,12-13,16-18H2,1H3,(H,37,38)/t19-,21-,26?. The van der Waals surface area contributed by atoms with Gasteiger partial charge in [-0.2, -0.15) is 0 Å². The second kappa shape index (κ2) is 12.4. The van der Waals surface area contributed by atoms with Crippen LogP contribution in [0.4, 0.5) is 4.79 Å². The number of carboxylic acid groups (broad SMARTS) is 1. The molecule has 214 valence electrons. The van der Waals surface area contributed by atoms with Gasteiger partial charge in [-0.15, -0.1) is 0 Å². The molecule has 0 bridgehead atoms. The SMILES string of the molecule is CN1CC(=O)N(CCOc2ccc(CN(C[C@H]3CC[C@H](C(=O)O)CC3)C3CCc4cc(Cl)ccc43)cc2Cl)C1=O. The maximum absolute atomic E-state index is 12.1. The van der Waals surface area contributed by atoms with Crippen molar-refractivity contribution >= 4 is 41.1 Å². The van der Waals surface area contributed by atoms with Crippen LogP contribution in [0.3, 0.4) is 0 Å². The number of aryl methyl sites for hydroxylation is 1. The summed E-state index contributed by atoms with van der Waals surface area (Å²) in [5, 5.41) is 10.7. The number of urea groups is 1. The number of hydrogen-bond acceptors (Lipinski definition) is 5. The van der Waals surface area contributed by atoms with Gasteiger partial charge in [0, 0.05) is 31.2 Å². The molecule has 40 heavy (non-hydrogen) atoms. The van der Waals surface area contributed by atoms with Gasteiger partial charge in [-0.25, -0.2) is 4.79 Å². The van der Waals surface area contributed by atoms with Crippen LogP contribution in [0.15, 0.2) is 36.4 Å². The summed E-state index contributed by atoms with van der Waals surface area (Å²) in [5.74, 6) is -0.185. The third-order valence-corrected chi connectivity index (χ3v) is 9.00. The number of aliphatic carboxylic acids is 1. The molecule has 5 rings (SSSR count). The molecule has 2 fully saturated rings. The molecule has 1 unspecified atom stereocenters. The van der Waals surface area contributed by atoms with Crippen molar-refractivity contribution in [1.82, 2.24) is 14.7 Å². The zero-order valence-corrected chi connectivity index (χ0v) is 24.2. The Hall–Kier alpha value is -2.81. The van der Waals surface area contributed by atoms with Crippen molar-refractivity contribution in [3.8, 4) is 5.75 Å². The summed E-state index contributed by atoms with van der Waals surface area (Å²) in [6.45, 7) is 2.01. The summed E-state index contributed by atoms with van der Waals surface area (Å²) in [6, 6.07) is 11.9. The molecule has 1 heterocycles. The lowest BCUT2D eigenvalue weighted by atomic mass is 9.81. The topological polar surface area (TPSA) is 90.4 Å². The Morgan fingerprint density at radius 1 is 1.07 bits per heavy atom. The van der Waals surface area contributed by atoms with Gasteiger partial charge in [-0.3, -0.25) is 19.4 Å². The molecule has 10 heteroatoms. The number of rotatable bonds is 10. The maximum Gasteiger partial charge on any atom is 0.327 e. The molecule has 0 aromatic heterocycles. The number of amides is 3. The molecule has 0 spiro atoms. The third kappa shape index (κ3) is 6.40. The van der Waals surface area contributed by atoms with Gasteiger partial charge in [0.15, 0.2) is 0 Å². The first-order valence-corrected chi connectivity index (χ1v) is 14.7. The Kier molecular flexibility index (Phi) is 8.88. The molecular formula is C30H35Cl2N3O5. The number of ether oxygens (including phenoxy) is 1. The predicted octanol–water partition coefficient (Wildman–Crippen LogP) is 5.65. The van der Waals surface area contributed by atoms with E-state index in [9.17, 15) is 19.5 Å². The molecule has 1 saturated heterocycles. The van der Waals surface area contributed by atoms with E-state index in [1.165, 1.54) is 20.9 Å². The number of benzene rings is 2. The monoisotopic (exact) mass is 587 g/mol. The van der Waals surface area contributed by atoms with Gasteiger partial charge in [-0.05, 0) is 85.4 Å². The molecule has 2 aromatic carbocycles. The number of carboxylic acids is 1. The minimum Gasteiger partial charge on any atom is -0.490 e. The number of carbonyl (C=O) groups excluding carboxylic acids is 2. The average molecular weight is 589 g/mol. The summed E-state index contributed by atoms with van der Waals surface area (Å²) in [7, 11) is 1.60. The molecule has 8 nitrogen and oxygen atoms in total. The van der Waals surface area contributed by atoms with Crippen LogP contribution in [0.5, 0.6) is 5.75 Å². The van der Waals surface area contributed by atoms with E-state index in [1.54, 1.807) is 7.05 Å². The van der Waals surface area contributed by atoms with Crippen molar-refractivity contribution in [1.29, 1.82) is 0 Å². The summed E-state index contributed by atoms with van der Waals surface area (Å²) < 4.78 is 5.83. The summed E-state index contributed by atoms with van der Waals surface area (Å²) >= 11 is 12.9. The van der Waals surface area contributed by atoms with Crippen LogP contribution < -0.4 is 4.74 Å². The smallest absolute Gasteiger partial charge is 0.327 e. The number of hydrogen-bond donors (Lipinski definition) is 1. The predicted molar refractivity (Wildman–Crippen MR) is 153 cm³/mol. The lowest BCUT2D eigenvalue weighted by Crippen LogP contribution is -2.35. The minimum atomic E-state index is -0.681. The number of likely N-dealkylation sites (N-methyl/N-ethyl adjacent to an activating group) is 1. The van der Waals surface area contributed by atoms with Crippen LogP contribution in [0.25, 0.3) is 0 Å². The molecule has 1 aliphatic heterocycles. The second-order valence-corrected chi connectivity index (χ2v) is 12.0. The molecule has 3 amide bonds. The lowest BCUT2D eigenvalue weighted by molar-refractivity contribution is -0.143. The van der Waals surface area contributed by atoms with E-state index in [4.69, 9.17) is 27.9 Å². The van der Waals surface area contributed by atoms with Crippen molar-refractivity contribution in [2.75, 3.05) is 33.3 Å². The van der Waals surface area contributed by atoms with E-state index >= 15 is 0 Å². The van der Waals surface area contributed by atoms with E-state index in [-0.39, 0.29) is 43.6 Å². The second-order valence-electron chi connectivity index (χ2n) is 11.2. The van der Waals surface area contributed by atoms with Crippen molar-refractivity contribution in [2.45, 2.75) is 51.1 Å². The summed E-state index contributed by atoms with van der Waals surface area (Å²) in [5.41, 5.74) is 3.66. The highest BCUT2D eigenvalue weighted by molar-refractivity contribution is 6.32. The van der Waals surface area contributed by atoms with E-state index in [0.29, 0.717) is 23.2 Å². The first kappa shape index (κ1) is 28.7. The van der Waals surface area contributed by atoms with E-state index in [1.807, 2.05) is 24.3 Å². The van der Waals surface area contributed by atoms with Gasteiger partial charge >= 0.3 is 12.0 Å². The van der Waals surface area contributed by atoms with Crippen molar-refractivity contribution < 1.29 is 24.2 Å². The Morgan fingerprint density at radius 3 is 2.52 bits per heavy atom. The fourth-order valence-corrected chi connectivity index (χ4v) is 6.75. The van der Waals surface area contributed by atoms with Gasteiger partial charge < -0.3 is 14.7 Å². The number of fused-ring (bicyclic) bond motifs is 1. The van der Waals surface area contributed by atoms with Crippen LogP contribution in [0, 0.1) is 11.8 Å². The van der Waals surface area contributed by atoms with E-state index < -0.39 is 5.97 Å². The fraction of sp³-hybridized carbons (Fsp3) is 0.500. The van der Waals surface area contributed by atoms with Crippen LogP contribution in [-0.4, -0.2) is 71.0 Å². The first-order chi connectivity index (χ1) is 19.2. The third-order valence-electron chi connectivity index (χ3n) is 8.47. The molecular weight excluding hydrogens is 553 g/mol. The Labute approximate surface area is 244 Å². The van der Waals surface area contributed by atoms with Crippen molar-refractivity contribution in [2.24, 2.45) is 11.8 Å². The molecule has 1 saturated carbocycles. The largest absolute Gasteiger partial charge is 0.490 e. The van der Waals surface area contributed by atoms with Crippen LogP contribution >= 0.6 is 23.2 Å². The average Bonchev–Trinajstić information content (AvgIpc) is 3.44. The molecule has 1 atom stereocenters. The zero-order chi connectivity index (χ0) is 28.4. The Morgan fingerprint density at radius 2 is 1.85 bits per heavy atom. The Bertz CT molecular complexity index is 1280. The first-order valence-electron chi connectivity index (χ1n) is 13.9. The van der Waals surface area contributed by atoms with Crippen LogP contribution in [0.1, 0.15) is 54.8 Å². The number of imide groups is 1. The molecule has 2 aromatic rings. The van der Waals surface area contributed by atoms with E-state index in [0.717, 1.165) is 55.7 Å². The molecule has 0 radical (unpaired) electrons. The lowest BCUT2D eigenvalue weighted by Gasteiger charge is -2.35. The van der Waals surface area contributed by atoms with Crippen molar-refractivity contribution in [3.05, 3.63) is 63.1 Å². The normalized spacial score (nSPS) is 22.8. The highest BCUT2D eigenvalue weighted by Gasteiger charge is 2.34. The number of halogens is 2. The van der Waals surface area contributed by atoms with Gasteiger partial charge in [0.05, 0.1) is 17.5 Å². The highest BCUT2D eigenvalue weighted by atomic mass is 35.5. The van der Waals surface area contributed by atoms with E-state index in [2.05, 4.69) is 17.0 Å². The quantitative estimate of drug-likeness (QED) is 0.361.